The molecule has 5 amide bonds. The average molecular weight is 1000 g/mol. The number of rotatable bonds is 30. The lowest BCUT2D eigenvalue weighted by molar-refractivity contribution is -0.129. The number of fused-ring (bicyclic) bond motifs is 1. The van der Waals surface area contributed by atoms with Crippen LogP contribution in [0.3, 0.4) is 0 Å². The molecule has 6 N–H and O–H groups in total. The maximum absolute atomic E-state index is 13.5. The number of nitrogens with one attached hydrogen (secondary N) is 6. The molecule has 0 bridgehead atoms. The third-order valence-electron chi connectivity index (χ3n) is 13.0. The number of hydrogen-bond donors (Lipinski definition) is 6. The van der Waals surface area contributed by atoms with Gasteiger partial charge in [0.2, 0.25) is 18.2 Å². The Morgan fingerprint density at radius 2 is 1.56 bits per heavy atom. The number of unbranched alkanes of at least 4 members (excludes halogenated alkanes) is 3. The van der Waals surface area contributed by atoms with Crippen LogP contribution in [-0.2, 0) is 40.7 Å². The van der Waals surface area contributed by atoms with Crippen LogP contribution in [0.25, 0.3) is 11.4 Å². The molecular weight excluding hydrogens is 933 g/mol. The van der Waals surface area contributed by atoms with E-state index in [4.69, 9.17) is 23.9 Å². The quantitative estimate of drug-likeness (QED) is 0.0214. The van der Waals surface area contributed by atoms with Crippen molar-refractivity contribution in [3.8, 4) is 17.1 Å². The van der Waals surface area contributed by atoms with Crippen molar-refractivity contribution in [1.29, 1.82) is 0 Å². The van der Waals surface area contributed by atoms with Crippen LogP contribution in [0.1, 0.15) is 115 Å². The van der Waals surface area contributed by atoms with Gasteiger partial charge >= 0.3 is 0 Å². The predicted molar refractivity (Wildman–Crippen MR) is 275 cm³/mol. The number of ether oxygens (including phenoxy) is 4. The van der Waals surface area contributed by atoms with Gasteiger partial charge in [-0.05, 0) is 119 Å². The number of carbonyl (C=O) groups excluding carboxylic acids is 5. The number of H-pyrrole nitrogens is 1. The second-order valence-corrected chi connectivity index (χ2v) is 18.1. The fourth-order valence-corrected chi connectivity index (χ4v) is 8.96. The highest BCUT2D eigenvalue weighted by molar-refractivity contribution is 6.04. The van der Waals surface area contributed by atoms with Gasteiger partial charge in [-0.25, -0.2) is 4.98 Å². The molecule has 0 spiro atoms. The van der Waals surface area contributed by atoms with E-state index in [1.807, 2.05) is 74.5 Å². The number of pyridine rings is 1. The Labute approximate surface area is 426 Å². The monoisotopic (exact) mass is 1000 g/mol. The number of imide groups is 1. The summed E-state index contributed by atoms with van der Waals surface area (Å²) < 4.78 is 22.9. The van der Waals surface area contributed by atoms with E-state index in [0.717, 1.165) is 80.0 Å². The van der Waals surface area contributed by atoms with E-state index >= 15 is 0 Å². The van der Waals surface area contributed by atoms with Crippen molar-refractivity contribution in [2.45, 2.75) is 95.8 Å². The van der Waals surface area contributed by atoms with E-state index in [-0.39, 0.29) is 43.3 Å². The number of carbonyl (C=O) groups is 5. The van der Waals surface area contributed by atoms with Crippen molar-refractivity contribution in [2.75, 3.05) is 70.0 Å². The van der Waals surface area contributed by atoms with Crippen LogP contribution in [0.2, 0.25) is 0 Å². The van der Waals surface area contributed by atoms with Crippen LogP contribution in [0.4, 0.5) is 11.4 Å². The molecule has 73 heavy (non-hydrogen) atoms. The van der Waals surface area contributed by atoms with Gasteiger partial charge in [0, 0.05) is 59.2 Å². The maximum atomic E-state index is 13.5. The first-order valence-electron chi connectivity index (χ1n) is 25.3. The molecule has 388 valence electrons. The first-order valence-corrected chi connectivity index (χ1v) is 25.3. The third-order valence-corrected chi connectivity index (χ3v) is 13.0. The molecule has 0 radical (unpaired) electrons. The summed E-state index contributed by atoms with van der Waals surface area (Å²) in [5.41, 5.74) is 4.33. The van der Waals surface area contributed by atoms with Crippen LogP contribution in [0.5, 0.6) is 5.75 Å². The number of aromatic nitrogens is 4. The van der Waals surface area contributed by atoms with Gasteiger partial charge in [0.1, 0.15) is 11.8 Å². The number of hydrogen-bond acceptors (Lipinski definition) is 14. The first-order chi connectivity index (χ1) is 35.7. The van der Waals surface area contributed by atoms with Crippen LogP contribution in [0.15, 0.2) is 91.3 Å². The van der Waals surface area contributed by atoms with Crippen LogP contribution in [0, 0.1) is 0 Å². The van der Waals surface area contributed by atoms with E-state index in [9.17, 15) is 24.0 Å². The highest BCUT2D eigenvalue weighted by Crippen LogP contribution is 2.35. The van der Waals surface area contributed by atoms with Crippen LogP contribution in [-0.4, -0.2) is 120 Å². The average Bonchev–Trinajstić information content (AvgIpc) is 4.05. The summed E-state index contributed by atoms with van der Waals surface area (Å²) >= 11 is 0. The highest BCUT2D eigenvalue weighted by atomic mass is 16.5. The Hall–Kier alpha value is -7.06. The molecule has 2 atom stereocenters. The molecule has 3 aromatic carbocycles. The summed E-state index contributed by atoms with van der Waals surface area (Å²) in [6, 6.07) is 23.3. The summed E-state index contributed by atoms with van der Waals surface area (Å²) in [4.78, 5) is 73.2. The molecule has 5 aromatic rings. The molecule has 1 fully saturated rings. The van der Waals surface area contributed by atoms with Gasteiger partial charge in [0.05, 0.1) is 57.6 Å². The molecule has 1 saturated heterocycles. The van der Waals surface area contributed by atoms with E-state index in [2.05, 4.69) is 41.8 Å². The summed E-state index contributed by atoms with van der Waals surface area (Å²) in [6.07, 6.45) is 10.4. The van der Waals surface area contributed by atoms with Gasteiger partial charge in [-0.1, -0.05) is 44.0 Å². The van der Waals surface area contributed by atoms with Crippen molar-refractivity contribution in [3.63, 3.8) is 0 Å². The molecule has 19 heteroatoms. The molecule has 0 aliphatic carbocycles. The predicted octanol–water partition coefficient (Wildman–Crippen LogP) is 6.46. The summed E-state index contributed by atoms with van der Waals surface area (Å²) in [6.45, 7) is 8.75. The Kier molecular flexibility index (Phi) is 20.4. The molecule has 0 saturated carbocycles. The molecule has 2 aromatic heterocycles. The molecule has 2 unspecified atom stereocenters. The van der Waals surface area contributed by atoms with Crippen LogP contribution < -0.4 is 31.3 Å². The van der Waals surface area contributed by atoms with Crippen molar-refractivity contribution in [2.24, 2.45) is 0 Å². The number of amides is 5. The Morgan fingerprint density at radius 3 is 2.30 bits per heavy atom. The van der Waals surface area contributed by atoms with Crippen molar-refractivity contribution < 1.29 is 42.9 Å². The lowest BCUT2D eigenvalue weighted by atomic mass is 9.87. The number of aromatic amines is 1. The van der Waals surface area contributed by atoms with Crippen LogP contribution >= 0.6 is 0 Å². The third kappa shape index (κ3) is 15.2. The van der Waals surface area contributed by atoms with Crippen molar-refractivity contribution in [1.82, 2.24) is 41.0 Å². The number of anilines is 2. The molecule has 7 rings (SSSR count). The topological polar surface area (TPSA) is 240 Å². The summed E-state index contributed by atoms with van der Waals surface area (Å²) in [5, 5.41) is 23.0. The lowest BCUT2D eigenvalue weighted by Crippen LogP contribution is -2.46. The summed E-state index contributed by atoms with van der Waals surface area (Å²) in [5.74, 6) is 0.892. The molecular formula is C54H68N10O9. The fraction of sp³-hybridized carbons (Fsp3) is 0.444. The highest BCUT2D eigenvalue weighted by Gasteiger charge is 2.39. The van der Waals surface area contributed by atoms with Crippen molar-refractivity contribution in [3.05, 3.63) is 119 Å². The first kappa shape index (κ1) is 53.7. The SMILES string of the molecule is CCCC(C(=O)NC=O)N1Cc2c(NC(=O)CCOCCOCCOCCCCCCOc3ccc(C(C)NC(=O)c4cccc(NC5(c6nc(-c7ccncc7)n[nH]6)CCNCC5)c4)cc3)cccc2C1=O. The van der Waals surface area contributed by atoms with Gasteiger partial charge in [-0.15, -0.1) is 0 Å². The van der Waals surface area contributed by atoms with Gasteiger partial charge in [0.25, 0.3) is 11.8 Å². The van der Waals surface area contributed by atoms with E-state index < -0.39 is 17.5 Å². The van der Waals surface area contributed by atoms with E-state index in [0.29, 0.717) is 87.1 Å². The number of nitrogens with zero attached hydrogens (tertiary/aromatic N) is 4. The lowest BCUT2D eigenvalue weighted by Gasteiger charge is -2.37. The minimum absolute atomic E-state index is 0.117. The Morgan fingerprint density at radius 1 is 0.849 bits per heavy atom. The number of benzene rings is 3. The molecule has 4 heterocycles. The van der Waals surface area contributed by atoms with Gasteiger partial charge in [-0.3, -0.25) is 39.4 Å². The summed E-state index contributed by atoms with van der Waals surface area (Å²) in [7, 11) is 0. The molecule has 2 aliphatic heterocycles. The minimum Gasteiger partial charge on any atom is -0.494 e. The largest absolute Gasteiger partial charge is 0.494 e. The second kappa shape index (κ2) is 27.7. The minimum atomic E-state index is -0.786. The van der Waals surface area contributed by atoms with Gasteiger partial charge in [-0.2, -0.15) is 5.10 Å². The fourth-order valence-electron chi connectivity index (χ4n) is 8.96. The zero-order chi connectivity index (χ0) is 51.3. The van der Waals surface area contributed by atoms with E-state index in [1.165, 1.54) is 4.90 Å². The standard InChI is InChI=1S/C54H68N10O9/c1-3-10-47(51(68)57-37-65)64-36-45-44(52(64)69)13-9-14-46(45)59-48(66)21-30-71-32-34-72-33-31-70-28-6-4-5-7-29-73-43-17-15-39(16-18-43)38(2)58-50(67)41-11-8-12-42(35-41)61-54(22-26-56-27-23-54)53-60-49(62-63-53)40-19-24-55-25-20-40/h8-9,11-20,24-25,35,37-38,47,56,61H,3-7,10,21-23,26-34,36H2,1-2H3,(H,58,67)(H,59,66)(H,57,65,68)(H,60,62,63). The Balaban J connectivity index is 0.702. The Bertz CT molecular complexity index is 2570. The van der Waals surface area contributed by atoms with Crippen molar-refractivity contribution >= 4 is 41.4 Å². The molecule has 2 aliphatic rings. The molecule has 19 nitrogen and oxygen atoms in total. The van der Waals surface area contributed by atoms with E-state index in [1.54, 1.807) is 30.6 Å². The smallest absolute Gasteiger partial charge is 0.255 e. The zero-order valence-electron chi connectivity index (χ0n) is 41.8. The number of piperidine rings is 1. The van der Waals surface area contributed by atoms with Gasteiger partial charge < -0.3 is 45.1 Å². The zero-order valence-corrected chi connectivity index (χ0v) is 41.8. The normalized spacial score (nSPS) is 14.7. The maximum Gasteiger partial charge on any atom is 0.255 e. The second-order valence-electron chi connectivity index (χ2n) is 18.1. The van der Waals surface area contributed by atoms with Gasteiger partial charge in [0.15, 0.2) is 11.6 Å².